The van der Waals surface area contributed by atoms with Crippen molar-refractivity contribution in [2.45, 2.75) is 20.8 Å². The third kappa shape index (κ3) is 4.48. The average molecular weight is 331 g/mol. The van der Waals surface area contributed by atoms with Gasteiger partial charge in [0.2, 0.25) is 0 Å². The smallest absolute Gasteiger partial charge is 0.255 e. The van der Waals surface area contributed by atoms with Gasteiger partial charge in [0.05, 0.1) is 0 Å². The van der Waals surface area contributed by atoms with Crippen LogP contribution in [0.5, 0.6) is 11.5 Å². The third-order valence-corrected chi connectivity index (χ3v) is 3.82. The minimum absolute atomic E-state index is 0.132. The second kappa shape index (κ2) is 7.22. The lowest BCUT2D eigenvalue weighted by Crippen LogP contribution is -2.11. The van der Waals surface area contributed by atoms with E-state index in [2.05, 4.69) is 11.4 Å². The number of amides is 1. The van der Waals surface area contributed by atoms with Crippen LogP contribution in [0.25, 0.3) is 0 Å². The summed E-state index contributed by atoms with van der Waals surface area (Å²) in [6.07, 6.45) is 0. The van der Waals surface area contributed by atoms with Crippen LogP contribution in [0.2, 0.25) is 0 Å². The Labute approximate surface area is 148 Å². The highest BCUT2D eigenvalue weighted by Crippen LogP contribution is 2.23. The highest BCUT2D eigenvalue weighted by atomic mass is 16.5. The lowest BCUT2D eigenvalue weighted by molar-refractivity contribution is 0.102. The van der Waals surface area contributed by atoms with Gasteiger partial charge in [-0.15, -0.1) is 0 Å². The van der Waals surface area contributed by atoms with Crippen LogP contribution in [0.4, 0.5) is 5.69 Å². The number of carbonyl (C=O) groups is 1. The van der Waals surface area contributed by atoms with Crippen LogP contribution in [0.3, 0.4) is 0 Å². The molecule has 0 bridgehead atoms. The molecule has 0 aliphatic carbocycles. The van der Waals surface area contributed by atoms with Gasteiger partial charge in [0, 0.05) is 11.3 Å². The summed E-state index contributed by atoms with van der Waals surface area (Å²) in [6, 6.07) is 21.0. The van der Waals surface area contributed by atoms with E-state index in [-0.39, 0.29) is 5.91 Å². The van der Waals surface area contributed by atoms with Gasteiger partial charge >= 0.3 is 0 Å². The molecule has 126 valence electrons. The molecule has 1 N–H and O–H groups in total. The van der Waals surface area contributed by atoms with Gasteiger partial charge in [-0.1, -0.05) is 18.2 Å². The summed E-state index contributed by atoms with van der Waals surface area (Å²) >= 11 is 0. The summed E-state index contributed by atoms with van der Waals surface area (Å²) in [7, 11) is 0. The molecule has 25 heavy (non-hydrogen) atoms. The fraction of sp³-hybridized carbons (Fsp3) is 0.136. The van der Waals surface area contributed by atoms with Gasteiger partial charge in [-0.2, -0.15) is 0 Å². The number of benzene rings is 3. The maximum Gasteiger partial charge on any atom is 0.255 e. The zero-order chi connectivity index (χ0) is 17.8. The molecule has 3 aromatic rings. The topological polar surface area (TPSA) is 38.3 Å². The van der Waals surface area contributed by atoms with E-state index in [1.54, 1.807) is 24.3 Å². The second-order valence-corrected chi connectivity index (χ2v) is 6.27. The molecule has 0 saturated carbocycles. The molecule has 0 atom stereocenters. The summed E-state index contributed by atoms with van der Waals surface area (Å²) < 4.78 is 5.81. The van der Waals surface area contributed by atoms with E-state index in [4.69, 9.17) is 4.74 Å². The molecule has 0 saturated heterocycles. The molecule has 3 rings (SSSR count). The Kier molecular flexibility index (Phi) is 4.85. The van der Waals surface area contributed by atoms with Crippen molar-refractivity contribution in [3.63, 3.8) is 0 Å². The lowest BCUT2D eigenvalue weighted by Gasteiger charge is -2.09. The van der Waals surface area contributed by atoms with Crippen molar-refractivity contribution in [2.75, 3.05) is 5.32 Å². The zero-order valence-corrected chi connectivity index (χ0v) is 14.7. The normalized spacial score (nSPS) is 10.4. The lowest BCUT2D eigenvalue weighted by atomic mass is 10.1. The van der Waals surface area contributed by atoms with E-state index >= 15 is 0 Å². The van der Waals surface area contributed by atoms with Crippen molar-refractivity contribution in [3.05, 3.63) is 89.0 Å². The Morgan fingerprint density at radius 1 is 0.760 bits per heavy atom. The first-order valence-corrected chi connectivity index (χ1v) is 8.24. The van der Waals surface area contributed by atoms with Crippen molar-refractivity contribution in [1.82, 2.24) is 0 Å². The molecule has 3 nitrogen and oxygen atoms in total. The van der Waals surface area contributed by atoms with Gasteiger partial charge < -0.3 is 10.1 Å². The molecule has 3 heteroatoms. The zero-order valence-electron chi connectivity index (χ0n) is 14.7. The molecule has 0 aliphatic rings. The minimum Gasteiger partial charge on any atom is -0.457 e. The fourth-order valence-electron chi connectivity index (χ4n) is 2.74. The van der Waals surface area contributed by atoms with Crippen molar-refractivity contribution in [2.24, 2.45) is 0 Å². The van der Waals surface area contributed by atoms with Crippen LogP contribution in [0.1, 0.15) is 27.0 Å². The number of aryl methyl sites for hydroxylation is 3. The van der Waals surface area contributed by atoms with Gasteiger partial charge in [0.15, 0.2) is 0 Å². The summed E-state index contributed by atoms with van der Waals surface area (Å²) in [5.74, 6) is 1.35. The summed E-state index contributed by atoms with van der Waals surface area (Å²) in [5.41, 5.74) is 4.79. The van der Waals surface area contributed by atoms with Gasteiger partial charge in [-0.25, -0.2) is 0 Å². The molecule has 0 aromatic heterocycles. The van der Waals surface area contributed by atoms with Crippen LogP contribution in [0, 0.1) is 20.8 Å². The molecule has 3 aromatic carbocycles. The number of rotatable bonds is 4. The number of ether oxygens (including phenoxy) is 1. The van der Waals surface area contributed by atoms with E-state index < -0.39 is 0 Å². The molecule has 0 heterocycles. The van der Waals surface area contributed by atoms with Crippen LogP contribution in [-0.4, -0.2) is 5.91 Å². The summed E-state index contributed by atoms with van der Waals surface area (Å²) in [6.45, 7) is 6.05. The number of hydrogen-bond donors (Lipinski definition) is 1. The molecule has 1 amide bonds. The van der Waals surface area contributed by atoms with Crippen LogP contribution in [-0.2, 0) is 0 Å². The first-order chi connectivity index (χ1) is 12.0. The standard InChI is InChI=1S/C22H21NO2/c1-15-5-4-6-21(14-15)25-20-9-7-18(8-10-20)22(24)23-19-12-16(2)11-17(3)13-19/h4-14H,1-3H3,(H,23,24). The molecule has 0 radical (unpaired) electrons. The van der Waals surface area contributed by atoms with E-state index in [0.717, 1.165) is 28.1 Å². The Morgan fingerprint density at radius 3 is 2.08 bits per heavy atom. The monoisotopic (exact) mass is 331 g/mol. The molecule has 0 fully saturated rings. The van der Waals surface area contributed by atoms with Gasteiger partial charge in [0.1, 0.15) is 11.5 Å². The van der Waals surface area contributed by atoms with Gasteiger partial charge in [-0.3, -0.25) is 4.79 Å². The Hall–Kier alpha value is -3.07. The predicted octanol–water partition coefficient (Wildman–Crippen LogP) is 5.66. The van der Waals surface area contributed by atoms with Gasteiger partial charge in [-0.05, 0) is 86.0 Å². The Bertz CT molecular complexity index is 878. The van der Waals surface area contributed by atoms with Crippen molar-refractivity contribution in [3.8, 4) is 11.5 Å². The molecular weight excluding hydrogens is 310 g/mol. The number of anilines is 1. The van der Waals surface area contributed by atoms with E-state index in [9.17, 15) is 4.79 Å². The number of nitrogens with one attached hydrogen (secondary N) is 1. The summed E-state index contributed by atoms with van der Waals surface area (Å²) in [4.78, 5) is 12.4. The van der Waals surface area contributed by atoms with Crippen LogP contribution < -0.4 is 10.1 Å². The first kappa shape index (κ1) is 16.8. The molecule has 0 aliphatic heterocycles. The average Bonchev–Trinajstić information content (AvgIpc) is 2.54. The highest BCUT2D eigenvalue weighted by Gasteiger charge is 2.07. The largest absolute Gasteiger partial charge is 0.457 e. The third-order valence-electron chi connectivity index (χ3n) is 3.82. The van der Waals surface area contributed by atoms with E-state index in [1.165, 1.54) is 0 Å². The fourth-order valence-corrected chi connectivity index (χ4v) is 2.74. The summed E-state index contributed by atoms with van der Waals surface area (Å²) in [5, 5.41) is 2.94. The maximum absolute atomic E-state index is 12.4. The molecule has 0 spiro atoms. The number of carbonyl (C=O) groups excluding carboxylic acids is 1. The Balaban J connectivity index is 1.70. The SMILES string of the molecule is Cc1cc(C)cc(NC(=O)c2ccc(Oc3cccc(C)c3)cc2)c1. The first-order valence-electron chi connectivity index (χ1n) is 8.24. The van der Waals surface area contributed by atoms with Crippen molar-refractivity contribution in [1.29, 1.82) is 0 Å². The quantitative estimate of drug-likeness (QED) is 0.670. The van der Waals surface area contributed by atoms with Crippen molar-refractivity contribution < 1.29 is 9.53 Å². The molecular formula is C22H21NO2. The van der Waals surface area contributed by atoms with E-state index in [0.29, 0.717) is 11.3 Å². The van der Waals surface area contributed by atoms with Crippen molar-refractivity contribution >= 4 is 11.6 Å². The second-order valence-electron chi connectivity index (χ2n) is 6.27. The maximum atomic E-state index is 12.4. The van der Waals surface area contributed by atoms with Gasteiger partial charge in [0.25, 0.3) is 5.91 Å². The van der Waals surface area contributed by atoms with Crippen LogP contribution >= 0.6 is 0 Å². The predicted molar refractivity (Wildman–Crippen MR) is 102 cm³/mol. The van der Waals surface area contributed by atoms with Crippen LogP contribution in [0.15, 0.2) is 66.7 Å². The number of hydrogen-bond acceptors (Lipinski definition) is 2. The molecule has 0 unspecified atom stereocenters. The highest BCUT2D eigenvalue weighted by molar-refractivity contribution is 6.04. The van der Waals surface area contributed by atoms with E-state index in [1.807, 2.05) is 57.2 Å². The minimum atomic E-state index is -0.132. The Morgan fingerprint density at radius 2 is 1.44 bits per heavy atom.